The number of benzene rings is 1. The first-order valence-corrected chi connectivity index (χ1v) is 5.61. The molecule has 1 aromatic carbocycles. The van der Waals surface area contributed by atoms with Crippen molar-refractivity contribution < 1.29 is 5.11 Å². The van der Waals surface area contributed by atoms with Gasteiger partial charge in [0.25, 0.3) is 0 Å². The van der Waals surface area contributed by atoms with Gasteiger partial charge >= 0.3 is 0 Å². The zero-order valence-electron chi connectivity index (χ0n) is 10.1. The third kappa shape index (κ3) is 2.03. The Hall–Kier alpha value is -1.81. The predicted molar refractivity (Wildman–Crippen MR) is 71.1 cm³/mol. The van der Waals surface area contributed by atoms with Crippen LogP contribution < -0.4 is 10.6 Å². The standard InChI is InChI=1S/C13H17N3O/c1-9(8-17)16(2)13-4-3-12(14)11-7-15-6-5-10(11)13/h3-7,9,17H,8,14H2,1-2H3. The topological polar surface area (TPSA) is 62.4 Å². The number of aliphatic hydroxyl groups is 1. The van der Waals surface area contributed by atoms with E-state index in [1.165, 1.54) is 0 Å². The molecule has 4 heteroatoms. The highest BCUT2D eigenvalue weighted by Gasteiger charge is 2.12. The normalized spacial score (nSPS) is 12.6. The molecular weight excluding hydrogens is 214 g/mol. The Kier molecular flexibility index (Phi) is 3.15. The van der Waals surface area contributed by atoms with Crippen molar-refractivity contribution in [3.8, 4) is 0 Å². The van der Waals surface area contributed by atoms with Crippen LogP contribution in [0.1, 0.15) is 6.92 Å². The van der Waals surface area contributed by atoms with E-state index in [2.05, 4.69) is 4.98 Å². The Morgan fingerprint density at radius 3 is 2.82 bits per heavy atom. The third-order valence-corrected chi connectivity index (χ3v) is 3.13. The van der Waals surface area contributed by atoms with Crippen LogP contribution in [0.3, 0.4) is 0 Å². The maximum atomic E-state index is 9.21. The number of fused-ring (bicyclic) bond motifs is 1. The first-order chi connectivity index (χ1) is 8.15. The largest absolute Gasteiger partial charge is 0.398 e. The first kappa shape index (κ1) is 11.7. The number of nitrogens with zero attached hydrogens (tertiary/aromatic N) is 2. The molecule has 2 rings (SSSR count). The van der Waals surface area contributed by atoms with Gasteiger partial charge < -0.3 is 15.7 Å². The van der Waals surface area contributed by atoms with Gasteiger partial charge in [-0.15, -0.1) is 0 Å². The molecule has 0 bridgehead atoms. The van der Waals surface area contributed by atoms with Crippen LogP contribution in [0.4, 0.5) is 11.4 Å². The number of anilines is 2. The summed E-state index contributed by atoms with van der Waals surface area (Å²) in [5.74, 6) is 0. The van der Waals surface area contributed by atoms with Gasteiger partial charge in [-0.25, -0.2) is 0 Å². The number of likely N-dealkylation sites (N-methyl/N-ethyl adjacent to an activating group) is 1. The summed E-state index contributed by atoms with van der Waals surface area (Å²) in [6.07, 6.45) is 3.52. The third-order valence-electron chi connectivity index (χ3n) is 3.13. The zero-order chi connectivity index (χ0) is 12.4. The van der Waals surface area contributed by atoms with E-state index in [1.54, 1.807) is 12.4 Å². The van der Waals surface area contributed by atoms with E-state index in [9.17, 15) is 5.11 Å². The van der Waals surface area contributed by atoms with Gasteiger partial charge in [-0.2, -0.15) is 0 Å². The molecule has 0 saturated carbocycles. The first-order valence-electron chi connectivity index (χ1n) is 5.61. The quantitative estimate of drug-likeness (QED) is 0.788. The van der Waals surface area contributed by atoms with Crippen LogP contribution in [0.2, 0.25) is 0 Å². The minimum atomic E-state index is 0.0648. The fraction of sp³-hybridized carbons (Fsp3) is 0.308. The lowest BCUT2D eigenvalue weighted by Gasteiger charge is -2.27. The second-order valence-corrected chi connectivity index (χ2v) is 4.24. The Labute approximate surface area is 101 Å². The number of pyridine rings is 1. The highest BCUT2D eigenvalue weighted by atomic mass is 16.3. The Balaban J connectivity index is 2.59. The van der Waals surface area contributed by atoms with Crippen molar-refractivity contribution in [2.45, 2.75) is 13.0 Å². The van der Waals surface area contributed by atoms with Crippen molar-refractivity contribution in [1.29, 1.82) is 0 Å². The van der Waals surface area contributed by atoms with Crippen LogP contribution in [0.25, 0.3) is 10.8 Å². The molecule has 0 aliphatic heterocycles. The Morgan fingerprint density at radius 1 is 1.35 bits per heavy atom. The highest BCUT2D eigenvalue weighted by Crippen LogP contribution is 2.30. The molecule has 0 fully saturated rings. The summed E-state index contributed by atoms with van der Waals surface area (Å²) < 4.78 is 0. The summed E-state index contributed by atoms with van der Waals surface area (Å²) in [6, 6.07) is 5.86. The van der Waals surface area contributed by atoms with Gasteiger partial charge in [0.1, 0.15) is 0 Å². The summed E-state index contributed by atoms with van der Waals surface area (Å²) in [6.45, 7) is 2.09. The summed E-state index contributed by atoms with van der Waals surface area (Å²) in [5, 5.41) is 11.2. The monoisotopic (exact) mass is 231 g/mol. The molecule has 0 aliphatic rings. The number of hydrogen-bond donors (Lipinski definition) is 2. The molecule has 4 nitrogen and oxygen atoms in total. The van der Waals surface area contributed by atoms with E-state index >= 15 is 0 Å². The molecule has 17 heavy (non-hydrogen) atoms. The van der Waals surface area contributed by atoms with Gasteiger partial charge in [-0.1, -0.05) is 0 Å². The summed E-state index contributed by atoms with van der Waals surface area (Å²) in [4.78, 5) is 6.13. The second kappa shape index (κ2) is 4.59. The summed E-state index contributed by atoms with van der Waals surface area (Å²) >= 11 is 0. The van der Waals surface area contributed by atoms with E-state index in [-0.39, 0.29) is 12.6 Å². The molecule has 1 unspecified atom stereocenters. The number of nitrogens with two attached hydrogens (primary N) is 1. The number of aromatic nitrogens is 1. The van der Waals surface area contributed by atoms with Gasteiger partial charge in [-0.3, -0.25) is 4.98 Å². The number of rotatable bonds is 3. The lowest BCUT2D eigenvalue weighted by atomic mass is 10.1. The van der Waals surface area contributed by atoms with E-state index in [0.29, 0.717) is 0 Å². The van der Waals surface area contributed by atoms with Crippen molar-refractivity contribution in [3.63, 3.8) is 0 Å². The van der Waals surface area contributed by atoms with E-state index in [0.717, 1.165) is 22.1 Å². The number of hydrogen-bond acceptors (Lipinski definition) is 4. The van der Waals surface area contributed by atoms with E-state index in [1.807, 2.05) is 37.1 Å². The maximum absolute atomic E-state index is 9.21. The van der Waals surface area contributed by atoms with Crippen LogP contribution >= 0.6 is 0 Å². The smallest absolute Gasteiger partial charge is 0.0632 e. The van der Waals surface area contributed by atoms with Crippen LogP contribution in [0.5, 0.6) is 0 Å². The van der Waals surface area contributed by atoms with E-state index < -0.39 is 0 Å². The van der Waals surface area contributed by atoms with E-state index in [4.69, 9.17) is 5.73 Å². The van der Waals surface area contributed by atoms with Crippen molar-refractivity contribution in [2.75, 3.05) is 24.3 Å². The molecule has 0 radical (unpaired) electrons. The van der Waals surface area contributed by atoms with Crippen LogP contribution in [0.15, 0.2) is 30.6 Å². The molecule has 2 aromatic rings. The predicted octanol–water partition coefficient (Wildman–Crippen LogP) is 1.63. The van der Waals surface area contributed by atoms with Crippen LogP contribution in [-0.4, -0.2) is 29.8 Å². The minimum absolute atomic E-state index is 0.0648. The van der Waals surface area contributed by atoms with Gasteiger partial charge in [0.05, 0.1) is 6.61 Å². The van der Waals surface area contributed by atoms with Gasteiger partial charge in [0, 0.05) is 47.6 Å². The fourth-order valence-electron chi connectivity index (χ4n) is 1.86. The minimum Gasteiger partial charge on any atom is -0.398 e. The second-order valence-electron chi connectivity index (χ2n) is 4.24. The number of aliphatic hydroxyl groups excluding tert-OH is 1. The van der Waals surface area contributed by atoms with Crippen molar-refractivity contribution in [3.05, 3.63) is 30.6 Å². The van der Waals surface area contributed by atoms with Gasteiger partial charge in [-0.05, 0) is 25.1 Å². The van der Waals surface area contributed by atoms with Gasteiger partial charge in [0.15, 0.2) is 0 Å². The molecule has 1 aromatic heterocycles. The van der Waals surface area contributed by atoms with Crippen LogP contribution in [0, 0.1) is 0 Å². The Morgan fingerprint density at radius 2 is 2.12 bits per heavy atom. The highest BCUT2D eigenvalue weighted by molar-refractivity contribution is 6.00. The lowest BCUT2D eigenvalue weighted by Crippen LogP contribution is -2.31. The molecule has 1 atom stereocenters. The SMILES string of the molecule is CC(CO)N(C)c1ccc(N)c2cnccc12. The molecule has 1 heterocycles. The molecule has 90 valence electrons. The van der Waals surface area contributed by atoms with Crippen molar-refractivity contribution in [2.24, 2.45) is 0 Å². The van der Waals surface area contributed by atoms with Crippen molar-refractivity contribution >= 4 is 22.1 Å². The zero-order valence-corrected chi connectivity index (χ0v) is 10.1. The summed E-state index contributed by atoms with van der Waals surface area (Å²) in [7, 11) is 1.96. The summed E-state index contributed by atoms with van der Waals surface area (Å²) in [5.41, 5.74) is 7.70. The lowest BCUT2D eigenvalue weighted by molar-refractivity contribution is 0.270. The maximum Gasteiger partial charge on any atom is 0.0632 e. The van der Waals surface area contributed by atoms with Crippen LogP contribution in [-0.2, 0) is 0 Å². The number of nitrogen functional groups attached to an aromatic ring is 1. The average molecular weight is 231 g/mol. The van der Waals surface area contributed by atoms with Crippen molar-refractivity contribution in [1.82, 2.24) is 4.98 Å². The molecule has 0 spiro atoms. The molecular formula is C13H17N3O. The molecule has 0 amide bonds. The average Bonchev–Trinajstić information content (AvgIpc) is 2.38. The Bertz CT molecular complexity index is 527. The molecule has 3 N–H and O–H groups in total. The molecule has 0 aliphatic carbocycles. The molecule has 0 saturated heterocycles. The fourth-order valence-corrected chi connectivity index (χ4v) is 1.86. The van der Waals surface area contributed by atoms with Gasteiger partial charge in [0.2, 0.25) is 0 Å².